The molecule has 0 aliphatic rings. The van der Waals surface area contributed by atoms with Gasteiger partial charge in [-0.1, -0.05) is 36.4 Å². The molecule has 0 saturated heterocycles. The van der Waals surface area contributed by atoms with Crippen LogP contribution in [0.5, 0.6) is 0 Å². The Morgan fingerprint density at radius 2 is 1.18 bits per heavy atom. The summed E-state index contributed by atoms with van der Waals surface area (Å²) in [4.78, 5) is 0. The van der Waals surface area contributed by atoms with Gasteiger partial charge in [-0.05, 0) is 24.3 Å². The number of nitrogens with zero attached hydrogens (tertiary/aromatic N) is 2. The highest BCUT2D eigenvalue weighted by molar-refractivity contribution is 6.25. The van der Waals surface area contributed by atoms with E-state index in [0.717, 1.165) is 43.6 Å². The lowest BCUT2D eigenvalue weighted by Crippen LogP contribution is -2.08. The molecule has 0 fully saturated rings. The molecular weight excluding hydrogens is 272 g/mol. The molecule has 4 heteroatoms. The van der Waals surface area contributed by atoms with Crippen LogP contribution < -0.4 is 11.7 Å². The first-order valence-corrected chi connectivity index (χ1v) is 7.23. The normalized spacial score (nSPS) is 12.0. The molecular formula is C18H14N4. The minimum absolute atomic E-state index is 0.989. The van der Waals surface area contributed by atoms with Gasteiger partial charge in [0.1, 0.15) is 0 Å². The molecule has 5 aromatic rings. The van der Waals surface area contributed by atoms with Crippen LogP contribution in [-0.2, 0) is 0 Å². The molecule has 0 aliphatic heterocycles. The zero-order valence-corrected chi connectivity index (χ0v) is 11.8. The van der Waals surface area contributed by atoms with E-state index in [0.29, 0.717) is 0 Å². The van der Waals surface area contributed by atoms with Crippen molar-refractivity contribution in [2.24, 2.45) is 0 Å². The molecule has 0 saturated carbocycles. The van der Waals surface area contributed by atoms with Crippen molar-refractivity contribution in [2.45, 2.75) is 0 Å². The smallest absolute Gasteiger partial charge is 0.0804 e. The third kappa shape index (κ3) is 1.18. The molecule has 2 aromatic heterocycles. The zero-order chi connectivity index (χ0) is 14.8. The number of aromatic nitrogens is 2. The number of hydrogen-bond acceptors (Lipinski definition) is 2. The molecule has 0 aliphatic carbocycles. The second kappa shape index (κ2) is 3.74. The molecule has 0 unspecified atom stereocenters. The number of para-hydroxylation sites is 2. The molecule has 0 bridgehead atoms. The Hall–Kier alpha value is -3.14. The maximum absolute atomic E-state index is 6.41. The number of hydrogen-bond donors (Lipinski definition) is 2. The van der Waals surface area contributed by atoms with Crippen LogP contribution >= 0.6 is 0 Å². The van der Waals surface area contributed by atoms with Crippen molar-refractivity contribution in [3.63, 3.8) is 0 Å². The van der Waals surface area contributed by atoms with Crippen LogP contribution in [0.25, 0.3) is 43.6 Å². The van der Waals surface area contributed by atoms with Gasteiger partial charge in [0.2, 0.25) is 0 Å². The van der Waals surface area contributed by atoms with Gasteiger partial charge in [-0.25, -0.2) is 0 Å². The van der Waals surface area contributed by atoms with Crippen molar-refractivity contribution < 1.29 is 0 Å². The molecule has 0 amide bonds. The Bertz CT molecular complexity index is 1190. The molecule has 0 spiro atoms. The van der Waals surface area contributed by atoms with Gasteiger partial charge >= 0.3 is 0 Å². The summed E-state index contributed by atoms with van der Waals surface area (Å²) in [7, 11) is 0. The van der Waals surface area contributed by atoms with Crippen LogP contribution in [0, 0.1) is 0 Å². The molecule has 22 heavy (non-hydrogen) atoms. The van der Waals surface area contributed by atoms with Gasteiger partial charge in [0.25, 0.3) is 0 Å². The van der Waals surface area contributed by atoms with E-state index in [1.807, 2.05) is 36.4 Å². The molecule has 0 radical (unpaired) electrons. The van der Waals surface area contributed by atoms with Crippen molar-refractivity contribution in [2.75, 3.05) is 11.7 Å². The largest absolute Gasteiger partial charge is 0.339 e. The maximum atomic E-state index is 6.41. The summed E-state index contributed by atoms with van der Waals surface area (Å²) in [5.74, 6) is 12.7. The van der Waals surface area contributed by atoms with E-state index in [2.05, 4.69) is 24.3 Å². The first-order valence-electron chi connectivity index (χ1n) is 7.23. The van der Waals surface area contributed by atoms with Gasteiger partial charge in [-0.2, -0.15) is 0 Å². The van der Waals surface area contributed by atoms with E-state index < -0.39 is 0 Å². The summed E-state index contributed by atoms with van der Waals surface area (Å²) in [5, 5.41) is 4.55. The highest BCUT2D eigenvalue weighted by Crippen LogP contribution is 2.37. The Labute approximate surface area is 126 Å². The number of nitrogen functional groups attached to an aromatic ring is 2. The molecule has 0 atom stereocenters. The number of rotatable bonds is 0. The average Bonchev–Trinajstić information content (AvgIpc) is 3.02. The van der Waals surface area contributed by atoms with E-state index in [4.69, 9.17) is 11.7 Å². The van der Waals surface area contributed by atoms with Gasteiger partial charge in [-0.3, -0.25) is 9.35 Å². The number of benzene rings is 3. The van der Waals surface area contributed by atoms with E-state index in [1.165, 1.54) is 0 Å². The lowest BCUT2D eigenvalue weighted by molar-refractivity contribution is 1.11. The van der Waals surface area contributed by atoms with Crippen LogP contribution in [0.15, 0.2) is 60.7 Å². The van der Waals surface area contributed by atoms with Gasteiger partial charge in [0.05, 0.1) is 22.1 Å². The van der Waals surface area contributed by atoms with Crippen molar-refractivity contribution in [1.29, 1.82) is 0 Å². The molecule has 106 valence electrons. The molecule has 2 heterocycles. The lowest BCUT2D eigenvalue weighted by Gasteiger charge is -2.01. The fourth-order valence-electron chi connectivity index (χ4n) is 3.57. The van der Waals surface area contributed by atoms with Crippen LogP contribution in [0.2, 0.25) is 0 Å². The van der Waals surface area contributed by atoms with Gasteiger partial charge in [-0.15, -0.1) is 0 Å². The standard InChI is InChI=1S/C18H14N4/c19-21-15-8-4-2-6-13(15)17-16(21)10-9-12-11-5-1-3-7-14(11)22(20)18(12)17/h1-10H,19-20H2. The summed E-state index contributed by atoms with van der Waals surface area (Å²) in [6.45, 7) is 0. The third-order valence-electron chi connectivity index (χ3n) is 4.54. The molecule has 4 nitrogen and oxygen atoms in total. The van der Waals surface area contributed by atoms with E-state index in [-0.39, 0.29) is 0 Å². The van der Waals surface area contributed by atoms with Crippen LogP contribution in [-0.4, -0.2) is 9.35 Å². The lowest BCUT2D eigenvalue weighted by atomic mass is 10.1. The summed E-state index contributed by atoms with van der Waals surface area (Å²) in [6.07, 6.45) is 0. The minimum Gasteiger partial charge on any atom is -0.339 e. The Morgan fingerprint density at radius 1 is 0.545 bits per heavy atom. The minimum atomic E-state index is 0.989. The Balaban J connectivity index is 2.20. The van der Waals surface area contributed by atoms with Gasteiger partial charge in [0, 0.05) is 21.5 Å². The zero-order valence-electron chi connectivity index (χ0n) is 11.8. The fraction of sp³-hybridized carbons (Fsp3) is 0. The highest BCUT2D eigenvalue weighted by atomic mass is 15.3. The number of nitrogens with two attached hydrogens (primary N) is 2. The first-order chi connectivity index (χ1) is 10.8. The van der Waals surface area contributed by atoms with Crippen molar-refractivity contribution in [3.05, 3.63) is 60.7 Å². The molecule has 3 aromatic carbocycles. The van der Waals surface area contributed by atoms with Crippen molar-refractivity contribution >= 4 is 43.6 Å². The van der Waals surface area contributed by atoms with Crippen LogP contribution in [0.4, 0.5) is 0 Å². The molecule has 4 N–H and O–H groups in total. The Morgan fingerprint density at radius 3 is 1.95 bits per heavy atom. The highest BCUT2D eigenvalue weighted by Gasteiger charge is 2.16. The van der Waals surface area contributed by atoms with E-state index in [1.54, 1.807) is 9.35 Å². The fourth-order valence-corrected chi connectivity index (χ4v) is 3.57. The summed E-state index contributed by atoms with van der Waals surface area (Å²) in [6, 6.07) is 20.5. The summed E-state index contributed by atoms with van der Waals surface area (Å²) >= 11 is 0. The van der Waals surface area contributed by atoms with Crippen molar-refractivity contribution in [3.8, 4) is 0 Å². The van der Waals surface area contributed by atoms with E-state index in [9.17, 15) is 0 Å². The van der Waals surface area contributed by atoms with Crippen LogP contribution in [0.3, 0.4) is 0 Å². The maximum Gasteiger partial charge on any atom is 0.0804 e. The predicted octanol–water partition coefficient (Wildman–Crippen LogP) is 3.33. The first kappa shape index (κ1) is 11.5. The van der Waals surface area contributed by atoms with Crippen LogP contribution in [0.1, 0.15) is 0 Å². The average molecular weight is 286 g/mol. The predicted molar refractivity (Wildman–Crippen MR) is 92.7 cm³/mol. The second-order valence-corrected chi connectivity index (χ2v) is 5.63. The topological polar surface area (TPSA) is 61.9 Å². The molecule has 5 rings (SSSR count). The van der Waals surface area contributed by atoms with Gasteiger partial charge < -0.3 is 11.7 Å². The Kier molecular flexibility index (Phi) is 1.96. The summed E-state index contributed by atoms with van der Waals surface area (Å²) in [5.41, 5.74) is 4.05. The van der Waals surface area contributed by atoms with Crippen molar-refractivity contribution in [1.82, 2.24) is 9.35 Å². The van der Waals surface area contributed by atoms with Gasteiger partial charge in [0.15, 0.2) is 0 Å². The monoisotopic (exact) mass is 286 g/mol. The third-order valence-corrected chi connectivity index (χ3v) is 4.54. The SMILES string of the molecule is Nn1c2ccccc2c2c1ccc1c3ccccc3n(N)c12. The van der Waals surface area contributed by atoms with E-state index >= 15 is 0 Å². The number of fused-ring (bicyclic) bond motifs is 7. The second-order valence-electron chi connectivity index (χ2n) is 5.63. The summed E-state index contributed by atoms with van der Waals surface area (Å²) < 4.78 is 3.52. The quantitative estimate of drug-likeness (QED) is 0.429.